The lowest BCUT2D eigenvalue weighted by Crippen LogP contribution is -2.44. The molecule has 1 unspecified atom stereocenters. The van der Waals surface area contributed by atoms with E-state index in [1.54, 1.807) is 0 Å². The average Bonchev–Trinajstić information content (AvgIpc) is 2.30. The summed E-state index contributed by atoms with van der Waals surface area (Å²) in [5.41, 5.74) is 5.32. The van der Waals surface area contributed by atoms with Gasteiger partial charge in [-0.15, -0.1) is 0 Å². The average molecular weight is 243 g/mol. The fourth-order valence-corrected chi connectivity index (χ4v) is 1.95. The number of rotatable bonds is 5. The third-order valence-electron chi connectivity index (χ3n) is 3.00. The van der Waals surface area contributed by atoms with Crippen LogP contribution in [-0.2, 0) is 4.79 Å². The molecular formula is C11H21N3O3. The number of hydrogen-bond donors (Lipinski definition) is 4. The lowest BCUT2D eigenvalue weighted by Gasteiger charge is -2.22. The first-order valence-electron chi connectivity index (χ1n) is 6.12. The summed E-state index contributed by atoms with van der Waals surface area (Å²) in [5.74, 6) is -1.04. The molecule has 0 aromatic carbocycles. The molecule has 5 N–H and O–H groups in total. The molecule has 1 aliphatic carbocycles. The number of carbonyl (C=O) groups is 2. The Morgan fingerprint density at radius 1 is 1.29 bits per heavy atom. The standard InChI is InChI=1S/C11H21N3O3/c12-9(10(15)16)6-7-13-11(17)14-8-4-2-1-3-5-8/h8-9H,1-7,12H2,(H,15,16)(H2,13,14,17). The second kappa shape index (κ2) is 7.11. The number of carbonyl (C=O) groups excluding carboxylic acids is 1. The summed E-state index contributed by atoms with van der Waals surface area (Å²) < 4.78 is 0. The third-order valence-corrected chi connectivity index (χ3v) is 3.00. The van der Waals surface area contributed by atoms with Crippen molar-refractivity contribution in [2.24, 2.45) is 5.73 Å². The summed E-state index contributed by atoms with van der Waals surface area (Å²) in [6, 6.07) is -0.878. The van der Waals surface area contributed by atoms with E-state index < -0.39 is 12.0 Å². The van der Waals surface area contributed by atoms with Crippen LogP contribution < -0.4 is 16.4 Å². The summed E-state index contributed by atoms with van der Waals surface area (Å²) in [5, 5.41) is 14.1. The normalized spacial score (nSPS) is 18.4. The maximum absolute atomic E-state index is 11.5. The number of hydrogen-bond acceptors (Lipinski definition) is 3. The van der Waals surface area contributed by atoms with Gasteiger partial charge in [0.15, 0.2) is 0 Å². The van der Waals surface area contributed by atoms with E-state index in [1.165, 1.54) is 6.42 Å². The van der Waals surface area contributed by atoms with E-state index in [2.05, 4.69) is 10.6 Å². The van der Waals surface area contributed by atoms with E-state index in [-0.39, 0.29) is 25.0 Å². The molecule has 0 heterocycles. The molecule has 17 heavy (non-hydrogen) atoms. The van der Waals surface area contributed by atoms with Crippen molar-refractivity contribution >= 4 is 12.0 Å². The van der Waals surface area contributed by atoms with Gasteiger partial charge in [0.25, 0.3) is 0 Å². The zero-order valence-electron chi connectivity index (χ0n) is 9.95. The molecule has 1 saturated carbocycles. The molecule has 1 aliphatic rings. The summed E-state index contributed by atoms with van der Waals surface area (Å²) in [4.78, 5) is 21.9. The molecule has 0 saturated heterocycles. The van der Waals surface area contributed by atoms with E-state index in [4.69, 9.17) is 10.8 Å². The van der Waals surface area contributed by atoms with Crippen molar-refractivity contribution in [3.63, 3.8) is 0 Å². The van der Waals surface area contributed by atoms with E-state index in [9.17, 15) is 9.59 Å². The minimum absolute atomic E-state index is 0.227. The first-order valence-corrected chi connectivity index (χ1v) is 6.12. The number of aliphatic carboxylic acids is 1. The van der Waals surface area contributed by atoms with Gasteiger partial charge in [0.05, 0.1) is 0 Å². The Hall–Kier alpha value is -1.30. The smallest absolute Gasteiger partial charge is 0.320 e. The second-order valence-corrected chi connectivity index (χ2v) is 4.47. The van der Waals surface area contributed by atoms with Crippen molar-refractivity contribution < 1.29 is 14.7 Å². The molecule has 1 fully saturated rings. The predicted molar refractivity (Wildman–Crippen MR) is 63.6 cm³/mol. The Morgan fingerprint density at radius 3 is 2.53 bits per heavy atom. The van der Waals surface area contributed by atoms with Crippen molar-refractivity contribution in [3.8, 4) is 0 Å². The molecule has 1 atom stereocenters. The quantitative estimate of drug-likeness (QED) is 0.561. The van der Waals surface area contributed by atoms with Gasteiger partial charge in [-0.2, -0.15) is 0 Å². The van der Waals surface area contributed by atoms with Gasteiger partial charge >= 0.3 is 12.0 Å². The van der Waals surface area contributed by atoms with Crippen LogP contribution in [-0.4, -0.2) is 35.7 Å². The molecule has 0 radical (unpaired) electrons. The lowest BCUT2D eigenvalue weighted by molar-refractivity contribution is -0.138. The van der Waals surface area contributed by atoms with Crippen molar-refractivity contribution in [1.29, 1.82) is 0 Å². The second-order valence-electron chi connectivity index (χ2n) is 4.47. The van der Waals surface area contributed by atoms with Crippen LogP contribution in [0.4, 0.5) is 4.79 Å². The first-order chi connectivity index (χ1) is 8.09. The molecule has 0 bridgehead atoms. The van der Waals surface area contributed by atoms with Crippen molar-refractivity contribution in [2.45, 2.75) is 50.6 Å². The van der Waals surface area contributed by atoms with Crippen LogP contribution in [0.2, 0.25) is 0 Å². The van der Waals surface area contributed by atoms with Gasteiger partial charge in [-0.25, -0.2) is 4.79 Å². The fourth-order valence-electron chi connectivity index (χ4n) is 1.95. The summed E-state index contributed by atoms with van der Waals surface area (Å²) in [6.07, 6.45) is 5.87. The molecule has 98 valence electrons. The molecule has 0 aliphatic heterocycles. The molecule has 6 heteroatoms. The van der Waals surface area contributed by atoms with Gasteiger partial charge in [-0.1, -0.05) is 19.3 Å². The van der Waals surface area contributed by atoms with Crippen LogP contribution in [0.15, 0.2) is 0 Å². The van der Waals surface area contributed by atoms with Gasteiger partial charge in [0, 0.05) is 12.6 Å². The number of amides is 2. The fraction of sp³-hybridized carbons (Fsp3) is 0.818. The van der Waals surface area contributed by atoms with Crippen LogP contribution in [0.3, 0.4) is 0 Å². The zero-order valence-corrected chi connectivity index (χ0v) is 9.95. The van der Waals surface area contributed by atoms with Crippen LogP contribution in [0.5, 0.6) is 0 Å². The van der Waals surface area contributed by atoms with E-state index in [0.717, 1.165) is 25.7 Å². The molecule has 0 aromatic rings. The van der Waals surface area contributed by atoms with Crippen molar-refractivity contribution in [1.82, 2.24) is 10.6 Å². The third kappa shape index (κ3) is 5.53. The Bertz CT molecular complexity index is 265. The SMILES string of the molecule is NC(CCNC(=O)NC1CCCCC1)C(=O)O. The number of nitrogens with one attached hydrogen (secondary N) is 2. The van der Waals surface area contributed by atoms with E-state index in [0.29, 0.717) is 0 Å². The topological polar surface area (TPSA) is 104 Å². The van der Waals surface area contributed by atoms with Crippen LogP contribution in [0.25, 0.3) is 0 Å². The van der Waals surface area contributed by atoms with Gasteiger partial charge in [-0.05, 0) is 19.3 Å². The highest BCUT2D eigenvalue weighted by atomic mass is 16.4. The van der Waals surface area contributed by atoms with Crippen molar-refractivity contribution in [2.75, 3.05) is 6.54 Å². The Labute approximate surface area is 101 Å². The summed E-state index contributed by atoms with van der Waals surface area (Å²) in [6.45, 7) is 0.284. The summed E-state index contributed by atoms with van der Waals surface area (Å²) in [7, 11) is 0. The number of carboxylic acid groups (broad SMARTS) is 1. The monoisotopic (exact) mass is 243 g/mol. The highest BCUT2D eigenvalue weighted by Crippen LogP contribution is 2.16. The molecule has 0 spiro atoms. The minimum Gasteiger partial charge on any atom is -0.480 e. The molecule has 6 nitrogen and oxygen atoms in total. The first kappa shape index (κ1) is 13.8. The van der Waals surface area contributed by atoms with Crippen LogP contribution in [0, 0.1) is 0 Å². The van der Waals surface area contributed by atoms with E-state index >= 15 is 0 Å². The minimum atomic E-state index is -1.04. The van der Waals surface area contributed by atoms with Gasteiger partial charge in [-0.3, -0.25) is 4.79 Å². The summed E-state index contributed by atoms with van der Waals surface area (Å²) >= 11 is 0. The highest BCUT2D eigenvalue weighted by molar-refractivity contribution is 5.75. The zero-order chi connectivity index (χ0) is 12.7. The Morgan fingerprint density at radius 2 is 1.94 bits per heavy atom. The van der Waals surface area contributed by atoms with E-state index in [1.807, 2.05) is 0 Å². The van der Waals surface area contributed by atoms with Gasteiger partial charge in [0.2, 0.25) is 0 Å². The van der Waals surface area contributed by atoms with Crippen LogP contribution in [0.1, 0.15) is 38.5 Å². The number of urea groups is 1. The Balaban J connectivity index is 2.10. The van der Waals surface area contributed by atoms with Crippen molar-refractivity contribution in [3.05, 3.63) is 0 Å². The maximum Gasteiger partial charge on any atom is 0.320 e. The highest BCUT2D eigenvalue weighted by Gasteiger charge is 2.16. The molecule has 1 rings (SSSR count). The number of nitrogens with two attached hydrogens (primary N) is 1. The molecular weight excluding hydrogens is 222 g/mol. The number of carboxylic acids is 1. The van der Waals surface area contributed by atoms with Crippen LogP contribution >= 0.6 is 0 Å². The largest absolute Gasteiger partial charge is 0.480 e. The predicted octanol–water partition coefficient (Wildman–Crippen LogP) is 0.420. The van der Waals surface area contributed by atoms with Gasteiger partial charge in [0.1, 0.15) is 6.04 Å². The maximum atomic E-state index is 11.5. The Kier molecular flexibility index (Phi) is 5.76. The molecule has 0 aromatic heterocycles. The van der Waals surface area contributed by atoms with Gasteiger partial charge < -0.3 is 21.5 Å². The molecule has 2 amide bonds. The lowest BCUT2D eigenvalue weighted by atomic mass is 9.96.